The second kappa shape index (κ2) is 12.1. The monoisotopic (exact) mass is 624 g/mol. The predicted molar refractivity (Wildman–Crippen MR) is 145 cm³/mol. The molecule has 1 saturated carbocycles. The Morgan fingerprint density at radius 2 is 1.48 bits per heavy atom. The molecule has 14 nitrogen and oxygen atoms in total. The summed E-state index contributed by atoms with van der Waals surface area (Å²) in [4.78, 5) is 75.2. The number of carbonyl (C=O) groups excluding carboxylic acids is 6. The molecule has 0 amide bonds. The zero-order valence-corrected chi connectivity index (χ0v) is 25.9. The van der Waals surface area contributed by atoms with Gasteiger partial charge in [-0.2, -0.15) is 0 Å². The lowest BCUT2D eigenvalue weighted by Gasteiger charge is -2.57. The third-order valence-electron chi connectivity index (χ3n) is 9.34. The molecule has 10 atom stereocenters. The lowest BCUT2D eigenvalue weighted by Crippen LogP contribution is -2.69. The van der Waals surface area contributed by atoms with Crippen molar-refractivity contribution in [1.82, 2.24) is 0 Å². The van der Waals surface area contributed by atoms with Crippen molar-refractivity contribution < 1.29 is 67.0 Å². The molecule has 244 valence electrons. The Labute approximate surface area is 254 Å². The van der Waals surface area contributed by atoms with Gasteiger partial charge in [-0.1, -0.05) is 6.92 Å². The summed E-state index contributed by atoms with van der Waals surface area (Å²) in [6.07, 6.45) is -4.76. The average molecular weight is 625 g/mol. The lowest BCUT2D eigenvalue weighted by molar-refractivity contribution is -0.244. The van der Waals surface area contributed by atoms with Crippen molar-refractivity contribution in [3.05, 3.63) is 11.6 Å². The molecule has 1 N–H and O–H groups in total. The van der Waals surface area contributed by atoms with Gasteiger partial charge in [0.2, 0.25) is 0 Å². The number of rotatable bonds is 6. The van der Waals surface area contributed by atoms with Crippen molar-refractivity contribution in [2.45, 2.75) is 109 Å². The fourth-order valence-corrected chi connectivity index (χ4v) is 7.29. The van der Waals surface area contributed by atoms with Crippen LogP contribution in [0.2, 0.25) is 0 Å². The molecule has 3 fully saturated rings. The number of esters is 6. The highest BCUT2D eigenvalue weighted by molar-refractivity contribution is 5.78. The first-order valence-corrected chi connectivity index (χ1v) is 14.5. The number of fused-ring (bicyclic) bond motifs is 3. The Morgan fingerprint density at radius 3 is 2.00 bits per heavy atom. The Hall–Kier alpha value is -3.52. The fourth-order valence-electron chi connectivity index (χ4n) is 7.29. The molecular weight excluding hydrogens is 584 g/mol. The van der Waals surface area contributed by atoms with Crippen LogP contribution in [0.15, 0.2) is 11.6 Å². The van der Waals surface area contributed by atoms with Crippen LogP contribution in [0.3, 0.4) is 0 Å². The predicted octanol–water partition coefficient (Wildman–Crippen LogP) is 1.08. The highest BCUT2D eigenvalue weighted by Gasteiger charge is 2.75. The van der Waals surface area contributed by atoms with Crippen LogP contribution in [-0.4, -0.2) is 95.9 Å². The molecule has 0 radical (unpaired) electrons. The summed E-state index contributed by atoms with van der Waals surface area (Å²) in [7, 11) is 0. The molecule has 44 heavy (non-hydrogen) atoms. The standard InChI is InChI=1S/C30H40O14/c1-14-27(36)44-24-10-20(12-38-15(2)31)21(40-16(3)32)11-23(42-18(5)34)28(7)22(41-17(4)33)8-9-29(13-39-29)25(28)26(30(14,24)37)43-19(6)35/h10,14,21-26,37H,8-9,11-13H2,1-7H3/b20-10-/t14-,21?,22-,23-,24-,25+,26?,28+,29+,30+/m0/s1. The van der Waals surface area contributed by atoms with Crippen LogP contribution < -0.4 is 0 Å². The first-order valence-electron chi connectivity index (χ1n) is 14.5. The van der Waals surface area contributed by atoms with E-state index in [-0.39, 0.29) is 25.0 Å². The van der Waals surface area contributed by atoms with Gasteiger partial charge in [-0.3, -0.25) is 28.8 Å². The van der Waals surface area contributed by atoms with Crippen LogP contribution in [0, 0.1) is 17.3 Å². The summed E-state index contributed by atoms with van der Waals surface area (Å²) in [6.45, 7) is 8.69. The van der Waals surface area contributed by atoms with E-state index in [0.29, 0.717) is 6.42 Å². The Kier molecular flexibility index (Phi) is 9.19. The minimum Gasteiger partial charge on any atom is -0.462 e. The van der Waals surface area contributed by atoms with Crippen LogP contribution >= 0.6 is 0 Å². The van der Waals surface area contributed by atoms with Gasteiger partial charge in [-0.25, -0.2) is 0 Å². The number of epoxide rings is 1. The van der Waals surface area contributed by atoms with E-state index >= 15 is 0 Å². The lowest BCUT2D eigenvalue weighted by atomic mass is 9.52. The maximum Gasteiger partial charge on any atom is 0.312 e. The van der Waals surface area contributed by atoms with Gasteiger partial charge in [0, 0.05) is 52.5 Å². The van der Waals surface area contributed by atoms with E-state index in [1.165, 1.54) is 33.8 Å². The van der Waals surface area contributed by atoms with E-state index in [1.54, 1.807) is 6.92 Å². The molecule has 2 unspecified atom stereocenters. The van der Waals surface area contributed by atoms with Gasteiger partial charge in [-0.15, -0.1) is 0 Å². The largest absolute Gasteiger partial charge is 0.462 e. The van der Waals surface area contributed by atoms with Crippen LogP contribution in [0.5, 0.6) is 0 Å². The van der Waals surface area contributed by atoms with Crippen molar-refractivity contribution >= 4 is 35.8 Å². The Morgan fingerprint density at radius 1 is 0.909 bits per heavy atom. The topological polar surface area (TPSA) is 191 Å². The van der Waals surface area contributed by atoms with Crippen molar-refractivity contribution in [3.63, 3.8) is 0 Å². The molecule has 2 aliphatic heterocycles. The van der Waals surface area contributed by atoms with E-state index in [4.69, 9.17) is 33.2 Å². The molecule has 4 aliphatic rings. The quantitative estimate of drug-likeness (QED) is 0.191. The van der Waals surface area contributed by atoms with Gasteiger partial charge in [0.1, 0.15) is 31.0 Å². The zero-order chi connectivity index (χ0) is 32.8. The molecule has 4 rings (SSSR count). The van der Waals surface area contributed by atoms with Crippen molar-refractivity contribution in [1.29, 1.82) is 0 Å². The highest BCUT2D eigenvalue weighted by Crippen LogP contribution is 2.62. The Bertz CT molecular complexity index is 1250. The van der Waals surface area contributed by atoms with Crippen LogP contribution in [0.1, 0.15) is 67.7 Å². The third kappa shape index (κ3) is 6.06. The normalized spacial score (nSPS) is 40.6. The maximum atomic E-state index is 13.1. The molecule has 14 heteroatoms. The zero-order valence-electron chi connectivity index (χ0n) is 25.9. The molecule has 1 spiro atoms. The van der Waals surface area contributed by atoms with E-state index in [9.17, 15) is 33.9 Å². The second-order valence-electron chi connectivity index (χ2n) is 12.3. The summed E-state index contributed by atoms with van der Waals surface area (Å²) in [5, 5.41) is 12.6. The smallest absolute Gasteiger partial charge is 0.312 e. The van der Waals surface area contributed by atoms with Gasteiger partial charge in [0.05, 0.1) is 23.5 Å². The van der Waals surface area contributed by atoms with Crippen molar-refractivity contribution in [3.8, 4) is 0 Å². The summed E-state index contributed by atoms with van der Waals surface area (Å²) < 4.78 is 40.3. The molecule has 2 saturated heterocycles. The number of ether oxygens (including phenoxy) is 7. The third-order valence-corrected chi connectivity index (χ3v) is 9.34. The average Bonchev–Trinajstić information content (AvgIpc) is 3.63. The van der Waals surface area contributed by atoms with Gasteiger partial charge >= 0.3 is 35.8 Å². The van der Waals surface area contributed by atoms with Gasteiger partial charge in [0.15, 0.2) is 11.7 Å². The second-order valence-corrected chi connectivity index (χ2v) is 12.3. The molecule has 2 heterocycles. The molecule has 0 aromatic carbocycles. The van der Waals surface area contributed by atoms with Gasteiger partial charge in [-0.05, 0) is 25.8 Å². The molecule has 2 aliphatic carbocycles. The molecule has 0 aromatic heterocycles. The van der Waals surface area contributed by atoms with E-state index in [2.05, 4.69) is 0 Å². The van der Waals surface area contributed by atoms with Gasteiger partial charge < -0.3 is 38.3 Å². The summed E-state index contributed by atoms with van der Waals surface area (Å²) >= 11 is 0. The molecule has 0 bridgehead atoms. The summed E-state index contributed by atoms with van der Waals surface area (Å²) in [6, 6.07) is 0. The number of carbonyl (C=O) groups is 6. The first-order chi connectivity index (χ1) is 20.4. The SMILES string of the molecule is CC(=O)OC/C1=C/[C@@H]2OC(=O)[C@H](C)[C@]2(O)C(OC(C)=O)[C@H]2[C@@]3(CC[C@H](OC(C)=O)[C@]2(C)[C@@H](OC(C)=O)CC1OC(C)=O)CO3. The van der Waals surface area contributed by atoms with Crippen molar-refractivity contribution in [2.24, 2.45) is 17.3 Å². The van der Waals surface area contributed by atoms with Crippen LogP contribution in [0.4, 0.5) is 0 Å². The van der Waals surface area contributed by atoms with Crippen LogP contribution in [-0.2, 0) is 61.9 Å². The summed E-state index contributed by atoms with van der Waals surface area (Å²) in [5.41, 5.74) is -4.65. The van der Waals surface area contributed by atoms with E-state index < -0.39 is 101 Å². The van der Waals surface area contributed by atoms with Crippen molar-refractivity contribution in [2.75, 3.05) is 13.2 Å². The Balaban J connectivity index is 2.08. The fraction of sp³-hybridized carbons (Fsp3) is 0.733. The minimum atomic E-state index is -2.26. The van der Waals surface area contributed by atoms with Crippen LogP contribution in [0.25, 0.3) is 0 Å². The number of hydrogen-bond acceptors (Lipinski definition) is 14. The molecular formula is C30H40O14. The number of hydrogen-bond donors (Lipinski definition) is 1. The maximum absolute atomic E-state index is 13.1. The van der Waals surface area contributed by atoms with E-state index in [0.717, 1.165) is 13.8 Å². The first kappa shape index (κ1) is 33.4. The highest BCUT2D eigenvalue weighted by atomic mass is 16.6. The van der Waals surface area contributed by atoms with Gasteiger partial charge in [0.25, 0.3) is 0 Å². The number of aliphatic hydroxyl groups is 1. The molecule has 0 aromatic rings. The summed E-state index contributed by atoms with van der Waals surface area (Å²) in [5.74, 6) is -6.65. The van der Waals surface area contributed by atoms with E-state index in [1.807, 2.05) is 0 Å². The minimum absolute atomic E-state index is 0.110.